The van der Waals surface area contributed by atoms with Crippen LogP contribution in [0.2, 0.25) is 0 Å². The summed E-state index contributed by atoms with van der Waals surface area (Å²) in [5.74, 6) is 1.36. The lowest BCUT2D eigenvalue weighted by molar-refractivity contribution is 0.174. The van der Waals surface area contributed by atoms with Crippen LogP contribution in [0.1, 0.15) is 26.7 Å². The van der Waals surface area contributed by atoms with Crippen LogP contribution in [0.5, 0.6) is 11.5 Å². The van der Waals surface area contributed by atoms with E-state index in [0.29, 0.717) is 36.8 Å². The van der Waals surface area contributed by atoms with Gasteiger partial charge in [0, 0.05) is 19.0 Å². The van der Waals surface area contributed by atoms with E-state index in [9.17, 15) is 8.42 Å². The molecule has 1 heterocycles. The molecule has 0 spiro atoms. The minimum absolute atomic E-state index is 0.106. The first-order valence-corrected chi connectivity index (χ1v) is 10.4. The van der Waals surface area contributed by atoms with Crippen molar-refractivity contribution in [2.75, 3.05) is 25.5 Å². The summed E-state index contributed by atoms with van der Waals surface area (Å²) in [6.45, 7) is 4.42. The Hall–Kier alpha value is -1.43. The minimum Gasteiger partial charge on any atom is -0.454 e. The number of thioether (sulfide) groups is 1. The zero-order chi connectivity index (χ0) is 17.8. The molecular formula is C16H22N2O4S2. The first-order valence-electron chi connectivity index (χ1n) is 7.56. The van der Waals surface area contributed by atoms with Gasteiger partial charge in [-0.2, -0.15) is 9.57 Å². The maximum absolute atomic E-state index is 13.0. The highest BCUT2D eigenvalue weighted by molar-refractivity contribution is 7.99. The van der Waals surface area contributed by atoms with E-state index < -0.39 is 10.0 Å². The summed E-state index contributed by atoms with van der Waals surface area (Å²) in [5, 5.41) is 8.78. The lowest BCUT2D eigenvalue weighted by Gasteiger charge is -2.31. The molecule has 132 valence electrons. The highest BCUT2D eigenvalue weighted by Gasteiger charge is 2.31. The van der Waals surface area contributed by atoms with Crippen molar-refractivity contribution >= 4 is 21.8 Å². The number of hydrogen-bond donors (Lipinski definition) is 0. The Morgan fingerprint density at radius 3 is 2.71 bits per heavy atom. The topological polar surface area (TPSA) is 79.6 Å². The van der Waals surface area contributed by atoms with Gasteiger partial charge in [0.05, 0.1) is 16.8 Å². The smallest absolute Gasteiger partial charge is 0.243 e. The first-order chi connectivity index (χ1) is 11.3. The van der Waals surface area contributed by atoms with E-state index in [4.69, 9.17) is 14.7 Å². The fourth-order valence-electron chi connectivity index (χ4n) is 2.48. The number of nitrogens with zero attached hydrogens (tertiary/aromatic N) is 2. The van der Waals surface area contributed by atoms with Crippen LogP contribution in [0.25, 0.3) is 0 Å². The molecule has 0 radical (unpaired) electrons. The van der Waals surface area contributed by atoms with Crippen molar-refractivity contribution in [2.24, 2.45) is 5.41 Å². The molecule has 0 atom stereocenters. The van der Waals surface area contributed by atoms with E-state index in [0.717, 1.165) is 0 Å². The van der Waals surface area contributed by atoms with Crippen LogP contribution in [0.4, 0.5) is 0 Å². The van der Waals surface area contributed by atoms with Crippen LogP contribution in [-0.2, 0) is 10.0 Å². The van der Waals surface area contributed by atoms with Crippen molar-refractivity contribution in [3.8, 4) is 17.6 Å². The molecule has 24 heavy (non-hydrogen) atoms. The quantitative estimate of drug-likeness (QED) is 0.654. The summed E-state index contributed by atoms with van der Waals surface area (Å²) >= 11 is 1.45. The lowest BCUT2D eigenvalue weighted by Crippen LogP contribution is -2.38. The molecule has 6 nitrogen and oxygen atoms in total. The van der Waals surface area contributed by atoms with Crippen LogP contribution in [0.3, 0.4) is 0 Å². The third-order valence-electron chi connectivity index (χ3n) is 3.77. The van der Waals surface area contributed by atoms with Gasteiger partial charge in [-0.3, -0.25) is 0 Å². The standard InChI is InChI=1S/C16H22N2O4S2/c1-16(2,7-4-8-17)10-18(11-23-3)24(19,20)13-5-6-14-15(9-13)22-12-21-14/h5-6,9H,4,7,10-12H2,1-3H3. The second-order valence-corrected chi connectivity index (χ2v) is 9.14. The van der Waals surface area contributed by atoms with Gasteiger partial charge in [0.1, 0.15) is 0 Å². The van der Waals surface area contributed by atoms with Gasteiger partial charge >= 0.3 is 0 Å². The van der Waals surface area contributed by atoms with Gasteiger partial charge in [0.25, 0.3) is 0 Å². The number of ether oxygens (including phenoxy) is 2. The molecule has 2 rings (SSSR count). The van der Waals surface area contributed by atoms with Crippen molar-refractivity contribution in [1.82, 2.24) is 4.31 Å². The maximum atomic E-state index is 13.0. The predicted octanol–water partition coefficient (Wildman–Crippen LogP) is 3.06. The molecule has 0 bridgehead atoms. The maximum Gasteiger partial charge on any atom is 0.243 e. The lowest BCUT2D eigenvalue weighted by atomic mass is 9.88. The highest BCUT2D eigenvalue weighted by Crippen LogP contribution is 2.35. The number of hydrogen-bond acceptors (Lipinski definition) is 6. The molecule has 0 aromatic heterocycles. The van der Waals surface area contributed by atoms with Gasteiger partial charge in [-0.05, 0) is 30.2 Å². The third kappa shape index (κ3) is 4.35. The van der Waals surface area contributed by atoms with E-state index in [2.05, 4.69) is 6.07 Å². The van der Waals surface area contributed by atoms with Crippen molar-refractivity contribution in [2.45, 2.75) is 31.6 Å². The molecule has 1 aliphatic heterocycles. The van der Waals surface area contributed by atoms with Gasteiger partial charge in [-0.25, -0.2) is 8.42 Å². The molecule has 0 N–H and O–H groups in total. The normalized spacial score (nSPS) is 14.0. The summed E-state index contributed by atoms with van der Waals surface area (Å²) < 4.78 is 38.0. The first kappa shape index (κ1) is 18.9. The highest BCUT2D eigenvalue weighted by atomic mass is 32.2. The van der Waals surface area contributed by atoms with E-state index in [1.54, 1.807) is 12.1 Å². The summed E-state index contributed by atoms with van der Waals surface area (Å²) in [6, 6.07) is 6.79. The Bertz CT molecular complexity index is 726. The molecule has 0 saturated heterocycles. The number of sulfonamides is 1. The molecule has 1 aliphatic rings. The second-order valence-electron chi connectivity index (χ2n) is 6.37. The van der Waals surface area contributed by atoms with E-state index in [1.165, 1.54) is 22.1 Å². The molecule has 8 heteroatoms. The van der Waals surface area contributed by atoms with Gasteiger partial charge < -0.3 is 9.47 Å². The molecule has 1 aromatic rings. The number of rotatable bonds is 8. The number of benzene rings is 1. The van der Waals surface area contributed by atoms with Crippen molar-refractivity contribution in [3.05, 3.63) is 18.2 Å². The van der Waals surface area contributed by atoms with E-state index in [1.807, 2.05) is 20.1 Å². The summed E-state index contributed by atoms with van der Waals surface area (Å²) in [5.41, 5.74) is -0.283. The third-order valence-corrected chi connectivity index (χ3v) is 6.29. The van der Waals surface area contributed by atoms with Crippen molar-refractivity contribution < 1.29 is 17.9 Å². The van der Waals surface area contributed by atoms with Gasteiger partial charge in [-0.1, -0.05) is 13.8 Å². The Kier molecular flexibility index (Phi) is 6.01. The Morgan fingerprint density at radius 1 is 1.33 bits per heavy atom. The second kappa shape index (κ2) is 7.64. The number of nitriles is 1. The fraction of sp³-hybridized carbons (Fsp3) is 0.562. The van der Waals surface area contributed by atoms with E-state index >= 15 is 0 Å². The van der Waals surface area contributed by atoms with Gasteiger partial charge in [-0.15, -0.1) is 11.8 Å². The molecule has 0 unspecified atom stereocenters. The van der Waals surface area contributed by atoms with Crippen LogP contribution in [0, 0.1) is 16.7 Å². The molecule has 0 aliphatic carbocycles. The number of fused-ring (bicyclic) bond motifs is 1. The fourth-order valence-corrected chi connectivity index (χ4v) is 5.05. The molecular weight excluding hydrogens is 348 g/mol. The van der Waals surface area contributed by atoms with Crippen LogP contribution in [-0.4, -0.2) is 38.2 Å². The monoisotopic (exact) mass is 370 g/mol. The van der Waals surface area contributed by atoms with E-state index in [-0.39, 0.29) is 17.1 Å². The van der Waals surface area contributed by atoms with Crippen LogP contribution in [0.15, 0.2) is 23.1 Å². The zero-order valence-corrected chi connectivity index (χ0v) is 15.7. The summed E-state index contributed by atoms with van der Waals surface area (Å²) in [4.78, 5) is 0.192. The van der Waals surface area contributed by atoms with Gasteiger partial charge in [0.15, 0.2) is 11.5 Å². The van der Waals surface area contributed by atoms with Crippen molar-refractivity contribution in [3.63, 3.8) is 0 Å². The predicted molar refractivity (Wildman–Crippen MR) is 93.5 cm³/mol. The van der Waals surface area contributed by atoms with Gasteiger partial charge in [0.2, 0.25) is 16.8 Å². The Balaban J connectivity index is 2.27. The minimum atomic E-state index is -3.65. The SMILES string of the molecule is CSCN(CC(C)(C)CCC#N)S(=O)(=O)c1ccc2c(c1)OCO2. The summed E-state index contributed by atoms with van der Waals surface area (Å²) in [6.07, 6.45) is 2.92. The largest absolute Gasteiger partial charge is 0.454 e. The average molecular weight is 370 g/mol. The Labute approximate surface area is 147 Å². The zero-order valence-electron chi connectivity index (χ0n) is 14.1. The Morgan fingerprint density at radius 2 is 2.04 bits per heavy atom. The van der Waals surface area contributed by atoms with Crippen LogP contribution < -0.4 is 9.47 Å². The molecule has 0 fully saturated rings. The molecule has 1 aromatic carbocycles. The van der Waals surface area contributed by atoms with Crippen LogP contribution >= 0.6 is 11.8 Å². The summed E-state index contributed by atoms with van der Waals surface area (Å²) in [7, 11) is -3.65. The van der Waals surface area contributed by atoms with Crippen molar-refractivity contribution in [1.29, 1.82) is 5.26 Å². The molecule has 0 amide bonds. The molecule has 0 saturated carbocycles. The average Bonchev–Trinajstić information content (AvgIpc) is 3.00.